The van der Waals surface area contributed by atoms with Crippen LogP contribution in [0.15, 0.2) is 78.6 Å². The molecule has 0 spiro atoms. The standard InChI is InChI=1S/C32H30F2N4O5/c1-41-29-16-23-26(17-30(29)42-2)35-14-13-27(23)43-28-12-11-22(15-25(28)34)38-32(40)24(18-36-20-5-3-4-6-20)31(39)37-21-9-7-19(33)8-10-21/h7-18,20,36H,3-6H2,1-2H3,(H,37,39)(H,38,40)/b24-18+. The molecule has 0 atom stereocenters. The van der Waals surface area contributed by atoms with Crippen LogP contribution >= 0.6 is 0 Å². The summed E-state index contributed by atoms with van der Waals surface area (Å²) in [5.41, 5.74) is 0.772. The number of amides is 2. The minimum absolute atomic E-state index is 0.0898. The van der Waals surface area contributed by atoms with Crippen LogP contribution in [0.1, 0.15) is 25.7 Å². The van der Waals surface area contributed by atoms with Crippen molar-refractivity contribution in [3.63, 3.8) is 0 Å². The molecule has 1 heterocycles. The number of nitrogens with one attached hydrogen (secondary N) is 3. The Morgan fingerprint density at radius 1 is 0.814 bits per heavy atom. The maximum atomic E-state index is 15.2. The van der Waals surface area contributed by atoms with Gasteiger partial charge in [-0.05, 0) is 61.4 Å². The van der Waals surface area contributed by atoms with Crippen molar-refractivity contribution >= 4 is 34.1 Å². The number of aromatic nitrogens is 1. The molecule has 222 valence electrons. The second kappa shape index (κ2) is 13.2. The van der Waals surface area contributed by atoms with Gasteiger partial charge >= 0.3 is 0 Å². The molecule has 3 N–H and O–H groups in total. The first kappa shape index (κ1) is 29.3. The number of anilines is 2. The third kappa shape index (κ3) is 7.00. The van der Waals surface area contributed by atoms with Crippen molar-refractivity contribution in [2.24, 2.45) is 0 Å². The molecule has 1 fully saturated rings. The second-order valence-corrected chi connectivity index (χ2v) is 9.90. The Morgan fingerprint density at radius 2 is 1.47 bits per heavy atom. The number of carbonyl (C=O) groups is 2. The quantitative estimate of drug-likeness (QED) is 0.113. The van der Waals surface area contributed by atoms with Gasteiger partial charge in [0.1, 0.15) is 17.1 Å². The van der Waals surface area contributed by atoms with Crippen LogP contribution in [0, 0.1) is 11.6 Å². The number of hydrogen-bond acceptors (Lipinski definition) is 7. The zero-order valence-electron chi connectivity index (χ0n) is 23.6. The van der Waals surface area contributed by atoms with Crippen molar-refractivity contribution in [1.29, 1.82) is 0 Å². The van der Waals surface area contributed by atoms with Gasteiger partial charge in [0.05, 0.1) is 19.7 Å². The zero-order chi connectivity index (χ0) is 30.3. The van der Waals surface area contributed by atoms with Gasteiger partial charge in [-0.2, -0.15) is 0 Å². The molecule has 11 heteroatoms. The number of benzene rings is 3. The van der Waals surface area contributed by atoms with Gasteiger partial charge in [-0.3, -0.25) is 14.6 Å². The Labute approximate surface area is 246 Å². The molecule has 0 saturated heterocycles. The van der Waals surface area contributed by atoms with E-state index in [1.165, 1.54) is 63.0 Å². The normalized spacial score (nSPS) is 13.4. The fourth-order valence-corrected chi connectivity index (χ4v) is 4.77. The van der Waals surface area contributed by atoms with Gasteiger partial charge in [-0.25, -0.2) is 8.78 Å². The third-order valence-corrected chi connectivity index (χ3v) is 7.03. The average Bonchev–Trinajstić information content (AvgIpc) is 3.53. The summed E-state index contributed by atoms with van der Waals surface area (Å²) in [5, 5.41) is 8.90. The Kier molecular flexibility index (Phi) is 8.99. The van der Waals surface area contributed by atoms with Crippen molar-refractivity contribution < 1.29 is 32.6 Å². The van der Waals surface area contributed by atoms with Crippen molar-refractivity contribution in [2.45, 2.75) is 31.7 Å². The number of fused-ring (bicyclic) bond motifs is 1. The SMILES string of the molecule is COc1cc2nccc(Oc3ccc(NC(=O)/C(=C/NC4CCCC4)C(=O)Nc4ccc(F)cc4)cc3F)c2cc1OC. The Bertz CT molecular complexity index is 1670. The number of hydrogen-bond donors (Lipinski definition) is 3. The lowest BCUT2D eigenvalue weighted by atomic mass is 10.1. The zero-order valence-corrected chi connectivity index (χ0v) is 23.6. The molecule has 1 aliphatic rings. The molecular formula is C32H30F2N4O5. The van der Waals surface area contributed by atoms with Crippen LogP contribution in [0.4, 0.5) is 20.2 Å². The summed E-state index contributed by atoms with van der Waals surface area (Å²) < 4.78 is 45.1. The van der Waals surface area contributed by atoms with Crippen LogP contribution in [-0.2, 0) is 9.59 Å². The molecule has 1 aliphatic carbocycles. The van der Waals surface area contributed by atoms with Gasteiger partial charge in [0.25, 0.3) is 11.8 Å². The summed E-state index contributed by atoms with van der Waals surface area (Å²) in [4.78, 5) is 30.6. The maximum absolute atomic E-state index is 15.2. The summed E-state index contributed by atoms with van der Waals surface area (Å²) in [5.74, 6) is -1.46. The van der Waals surface area contributed by atoms with Gasteiger partial charge < -0.3 is 30.2 Å². The summed E-state index contributed by atoms with van der Waals surface area (Å²) in [6.07, 6.45) is 6.85. The summed E-state index contributed by atoms with van der Waals surface area (Å²) >= 11 is 0. The van der Waals surface area contributed by atoms with E-state index in [-0.39, 0.29) is 23.1 Å². The summed E-state index contributed by atoms with van der Waals surface area (Å²) in [6.45, 7) is 0. The van der Waals surface area contributed by atoms with Crippen LogP contribution in [0.2, 0.25) is 0 Å². The number of nitrogens with zero attached hydrogens (tertiary/aromatic N) is 1. The fourth-order valence-electron chi connectivity index (χ4n) is 4.77. The number of halogens is 2. The highest BCUT2D eigenvalue weighted by Gasteiger charge is 2.22. The molecule has 2 amide bonds. The highest BCUT2D eigenvalue weighted by molar-refractivity contribution is 6.26. The molecule has 0 unspecified atom stereocenters. The molecule has 0 bridgehead atoms. The van der Waals surface area contributed by atoms with Crippen LogP contribution in [0.25, 0.3) is 10.9 Å². The smallest absolute Gasteiger partial charge is 0.262 e. The van der Waals surface area contributed by atoms with Gasteiger partial charge in [0.15, 0.2) is 23.1 Å². The van der Waals surface area contributed by atoms with E-state index in [0.29, 0.717) is 33.8 Å². The van der Waals surface area contributed by atoms with E-state index in [4.69, 9.17) is 14.2 Å². The maximum Gasteiger partial charge on any atom is 0.262 e. The molecule has 1 aromatic heterocycles. The molecule has 0 aliphatic heterocycles. The lowest BCUT2D eigenvalue weighted by Gasteiger charge is -2.14. The van der Waals surface area contributed by atoms with Gasteiger partial charge in [0, 0.05) is 47.3 Å². The van der Waals surface area contributed by atoms with Crippen LogP contribution in [0.3, 0.4) is 0 Å². The number of pyridine rings is 1. The molecule has 0 radical (unpaired) electrons. The van der Waals surface area contributed by atoms with E-state index < -0.39 is 23.4 Å². The Morgan fingerprint density at radius 3 is 2.14 bits per heavy atom. The van der Waals surface area contributed by atoms with E-state index in [9.17, 15) is 14.0 Å². The molecule has 43 heavy (non-hydrogen) atoms. The number of ether oxygens (including phenoxy) is 3. The van der Waals surface area contributed by atoms with E-state index in [0.717, 1.165) is 31.7 Å². The summed E-state index contributed by atoms with van der Waals surface area (Å²) in [7, 11) is 3.02. The van der Waals surface area contributed by atoms with E-state index in [2.05, 4.69) is 20.9 Å². The van der Waals surface area contributed by atoms with Crippen LogP contribution < -0.4 is 30.2 Å². The average molecular weight is 589 g/mol. The predicted octanol–water partition coefficient (Wildman–Crippen LogP) is 6.32. The van der Waals surface area contributed by atoms with Crippen molar-refractivity contribution in [3.8, 4) is 23.0 Å². The largest absolute Gasteiger partial charge is 0.493 e. The van der Waals surface area contributed by atoms with E-state index in [1.807, 2.05) is 0 Å². The molecular weight excluding hydrogens is 558 g/mol. The van der Waals surface area contributed by atoms with Gasteiger partial charge in [-0.15, -0.1) is 0 Å². The minimum atomic E-state index is -0.751. The van der Waals surface area contributed by atoms with Crippen LogP contribution in [0.5, 0.6) is 23.0 Å². The van der Waals surface area contributed by atoms with Crippen LogP contribution in [-0.4, -0.2) is 37.1 Å². The highest BCUT2D eigenvalue weighted by Crippen LogP contribution is 2.37. The lowest BCUT2D eigenvalue weighted by Crippen LogP contribution is -2.29. The minimum Gasteiger partial charge on any atom is -0.493 e. The third-order valence-electron chi connectivity index (χ3n) is 7.03. The van der Waals surface area contributed by atoms with Crippen molar-refractivity contribution in [3.05, 3.63) is 90.3 Å². The molecule has 1 saturated carbocycles. The molecule has 9 nitrogen and oxygen atoms in total. The van der Waals surface area contributed by atoms with E-state index in [1.54, 1.807) is 18.2 Å². The van der Waals surface area contributed by atoms with Crippen molar-refractivity contribution in [2.75, 3.05) is 24.9 Å². The first-order valence-electron chi connectivity index (χ1n) is 13.7. The topological polar surface area (TPSA) is 111 Å². The number of methoxy groups -OCH3 is 2. The van der Waals surface area contributed by atoms with E-state index >= 15 is 4.39 Å². The predicted molar refractivity (Wildman–Crippen MR) is 158 cm³/mol. The van der Waals surface area contributed by atoms with Gasteiger partial charge in [0.2, 0.25) is 0 Å². The highest BCUT2D eigenvalue weighted by atomic mass is 19.1. The second-order valence-electron chi connectivity index (χ2n) is 9.90. The molecule has 3 aromatic carbocycles. The number of carbonyl (C=O) groups excluding carboxylic acids is 2. The first-order valence-corrected chi connectivity index (χ1v) is 13.7. The van der Waals surface area contributed by atoms with Gasteiger partial charge in [-0.1, -0.05) is 12.8 Å². The Balaban J connectivity index is 1.34. The molecule has 5 rings (SSSR count). The monoisotopic (exact) mass is 588 g/mol. The number of rotatable bonds is 10. The Hall–Kier alpha value is -5.19. The fraction of sp³-hybridized carbons (Fsp3) is 0.219. The lowest BCUT2D eigenvalue weighted by molar-refractivity contribution is -0.118. The summed E-state index contributed by atoms with van der Waals surface area (Å²) in [6, 6.07) is 14.2. The first-order chi connectivity index (χ1) is 20.8. The molecule has 4 aromatic rings. The van der Waals surface area contributed by atoms with Crippen molar-refractivity contribution in [1.82, 2.24) is 10.3 Å².